The SMILES string of the molecule is Cc1nc([C@@H]2CCCN(Cc3nc(CC(F)(F)F)no3)C2)no1. The van der Waals surface area contributed by atoms with Crippen molar-refractivity contribution < 1.29 is 22.2 Å². The van der Waals surface area contributed by atoms with Gasteiger partial charge < -0.3 is 9.05 Å². The molecule has 3 heterocycles. The molecule has 0 spiro atoms. The van der Waals surface area contributed by atoms with Crippen LogP contribution >= 0.6 is 0 Å². The van der Waals surface area contributed by atoms with Crippen molar-refractivity contribution in [3.05, 3.63) is 23.4 Å². The van der Waals surface area contributed by atoms with E-state index in [1.165, 1.54) is 0 Å². The lowest BCUT2D eigenvalue weighted by atomic mass is 9.97. The van der Waals surface area contributed by atoms with E-state index in [2.05, 4.69) is 20.3 Å². The maximum Gasteiger partial charge on any atom is 0.396 e. The highest BCUT2D eigenvalue weighted by atomic mass is 19.4. The number of piperidine rings is 1. The van der Waals surface area contributed by atoms with Crippen molar-refractivity contribution in [3.8, 4) is 0 Å². The number of alkyl halides is 3. The van der Waals surface area contributed by atoms with Gasteiger partial charge in [0.1, 0.15) is 6.42 Å². The van der Waals surface area contributed by atoms with E-state index >= 15 is 0 Å². The Morgan fingerprint density at radius 1 is 1.22 bits per heavy atom. The second-order valence-electron chi connectivity index (χ2n) is 5.64. The van der Waals surface area contributed by atoms with Crippen molar-refractivity contribution in [2.45, 2.75) is 44.8 Å². The molecule has 1 aliphatic heterocycles. The van der Waals surface area contributed by atoms with Crippen LogP contribution in [0.25, 0.3) is 0 Å². The number of aromatic nitrogens is 4. The van der Waals surface area contributed by atoms with Crippen molar-refractivity contribution in [1.82, 2.24) is 25.2 Å². The van der Waals surface area contributed by atoms with Crippen molar-refractivity contribution in [1.29, 1.82) is 0 Å². The molecule has 0 aliphatic carbocycles. The molecule has 2 aromatic heterocycles. The van der Waals surface area contributed by atoms with Gasteiger partial charge >= 0.3 is 6.18 Å². The summed E-state index contributed by atoms with van der Waals surface area (Å²) in [4.78, 5) is 10.1. The van der Waals surface area contributed by atoms with Crippen LogP contribution in [-0.2, 0) is 13.0 Å². The summed E-state index contributed by atoms with van der Waals surface area (Å²) in [5.41, 5.74) is 0. The van der Waals surface area contributed by atoms with E-state index in [1.807, 2.05) is 4.90 Å². The summed E-state index contributed by atoms with van der Waals surface area (Å²) in [6.45, 7) is 3.54. The summed E-state index contributed by atoms with van der Waals surface area (Å²) in [7, 11) is 0. The molecule has 1 atom stereocenters. The average molecular weight is 331 g/mol. The highest BCUT2D eigenvalue weighted by Crippen LogP contribution is 2.26. The van der Waals surface area contributed by atoms with Gasteiger partial charge in [0.15, 0.2) is 11.6 Å². The molecule has 0 bridgehead atoms. The van der Waals surface area contributed by atoms with Gasteiger partial charge in [-0.15, -0.1) is 0 Å². The van der Waals surface area contributed by atoms with Crippen molar-refractivity contribution in [2.75, 3.05) is 13.1 Å². The first-order valence-corrected chi connectivity index (χ1v) is 7.30. The molecule has 0 radical (unpaired) electrons. The van der Waals surface area contributed by atoms with Gasteiger partial charge in [0, 0.05) is 19.4 Å². The molecule has 0 unspecified atom stereocenters. The maximum atomic E-state index is 12.3. The van der Waals surface area contributed by atoms with Gasteiger partial charge in [-0.1, -0.05) is 10.3 Å². The van der Waals surface area contributed by atoms with Crippen LogP contribution in [0.15, 0.2) is 9.05 Å². The predicted octanol–water partition coefficient (Wildman–Crippen LogP) is 2.25. The first-order valence-electron chi connectivity index (χ1n) is 7.30. The Morgan fingerprint density at radius 3 is 2.74 bits per heavy atom. The Bertz CT molecular complexity index is 654. The third-order valence-electron chi connectivity index (χ3n) is 3.64. The topological polar surface area (TPSA) is 81.1 Å². The molecule has 7 nitrogen and oxygen atoms in total. The zero-order valence-corrected chi connectivity index (χ0v) is 12.5. The normalized spacial score (nSPS) is 20.1. The Labute approximate surface area is 129 Å². The van der Waals surface area contributed by atoms with E-state index in [-0.39, 0.29) is 17.6 Å². The lowest BCUT2D eigenvalue weighted by Gasteiger charge is -2.29. The second kappa shape index (κ2) is 6.26. The number of aryl methyl sites for hydroxylation is 1. The van der Waals surface area contributed by atoms with Crippen LogP contribution in [-0.4, -0.2) is 44.4 Å². The Hall–Kier alpha value is -1.97. The van der Waals surface area contributed by atoms with Crippen LogP contribution in [0, 0.1) is 6.92 Å². The van der Waals surface area contributed by atoms with Gasteiger partial charge in [-0.05, 0) is 19.4 Å². The van der Waals surface area contributed by atoms with Gasteiger partial charge in [0.2, 0.25) is 11.8 Å². The third-order valence-corrected chi connectivity index (χ3v) is 3.64. The summed E-state index contributed by atoms with van der Waals surface area (Å²) >= 11 is 0. The van der Waals surface area contributed by atoms with Crippen LogP contribution < -0.4 is 0 Å². The highest BCUT2D eigenvalue weighted by Gasteiger charge is 2.31. The molecular weight excluding hydrogens is 315 g/mol. The van der Waals surface area contributed by atoms with Gasteiger partial charge in [-0.25, -0.2) is 0 Å². The van der Waals surface area contributed by atoms with Crippen LogP contribution in [0.1, 0.15) is 42.2 Å². The van der Waals surface area contributed by atoms with Crippen molar-refractivity contribution >= 4 is 0 Å². The highest BCUT2D eigenvalue weighted by molar-refractivity contribution is 4.99. The summed E-state index contributed by atoms with van der Waals surface area (Å²) < 4.78 is 46.8. The van der Waals surface area contributed by atoms with Gasteiger partial charge in [0.25, 0.3) is 0 Å². The molecule has 0 saturated carbocycles. The molecule has 0 N–H and O–H groups in total. The summed E-state index contributed by atoms with van der Waals surface area (Å²) in [5.74, 6) is 1.17. The molecule has 1 fully saturated rings. The van der Waals surface area contributed by atoms with E-state index in [0.29, 0.717) is 24.8 Å². The largest absolute Gasteiger partial charge is 0.396 e. The quantitative estimate of drug-likeness (QED) is 0.850. The molecule has 0 amide bonds. The standard InChI is InChI=1S/C13H16F3N5O2/c1-8-17-12(20-22-8)9-3-2-4-21(6-9)7-11-18-10(19-23-11)5-13(14,15)16/h9H,2-7H2,1H3/t9-/m1/s1. The Balaban J connectivity index is 1.59. The van der Waals surface area contributed by atoms with Crippen LogP contribution in [0.3, 0.4) is 0 Å². The minimum absolute atomic E-state index is 0.138. The van der Waals surface area contributed by atoms with Gasteiger partial charge in [-0.3, -0.25) is 4.90 Å². The van der Waals surface area contributed by atoms with Crippen molar-refractivity contribution in [2.24, 2.45) is 0 Å². The third kappa shape index (κ3) is 4.27. The monoisotopic (exact) mass is 331 g/mol. The lowest BCUT2D eigenvalue weighted by molar-refractivity contribution is -0.128. The predicted molar refractivity (Wildman–Crippen MR) is 70.3 cm³/mol. The number of hydrogen-bond donors (Lipinski definition) is 0. The lowest BCUT2D eigenvalue weighted by Crippen LogP contribution is -2.34. The molecule has 1 aliphatic rings. The number of nitrogens with zero attached hydrogens (tertiary/aromatic N) is 5. The fraction of sp³-hybridized carbons (Fsp3) is 0.692. The fourth-order valence-corrected chi connectivity index (χ4v) is 2.69. The fourth-order valence-electron chi connectivity index (χ4n) is 2.69. The molecule has 23 heavy (non-hydrogen) atoms. The molecule has 1 saturated heterocycles. The number of likely N-dealkylation sites (tertiary alicyclic amines) is 1. The summed E-state index contributed by atoms with van der Waals surface area (Å²) in [5, 5.41) is 7.31. The molecular formula is C13H16F3N5O2. The smallest absolute Gasteiger partial charge is 0.340 e. The maximum absolute atomic E-state index is 12.3. The number of rotatable bonds is 4. The summed E-state index contributed by atoms with van der Waals surface area (Å²) in [6, 6.07) is 0. The number of halogens is 3. The molecule has 126 valence electrons. The zero-order chi connectivity index (χ0) is 16.4. The van der Waals surface area contributed by atoms with E-state index < -0.39 is 12.6 Å². The molecule has 3 rings (SSSR count). The van der Waals surface area contributed by atoms with E-state index in [1.54, 1.807) is 6.92 Å². The minimum atomic E-state index is -4.34. The molecule has 10 heteroatoms. The number of hydrogen-bond acceptors (Lipinski definition) is 7. The van der Waals surface area contributed by atoms with E-state index in [4.69, 9.17) is 9.05 Å². The van der Waals surface area contributed by atoms with Gasteiger partial charge in [0.05, 0.1) is 6.54 Å². The van der Waals surface area contributed by atoms with Gasteiger partial charge in [-0.2, -0.15) is 23.1 Å². The van der Waals surface area contributed by atoms with Crippen LogP contribution in [0.2, 0.25) is 0 Å². The molecule has 2 aromatic rings. The van der Waals surface area contributed by atoms with Crippen LogP contribution in [0.5, 0.6) is 0 Å². The van der Waals surface area contributed by atoms with E-state index in [9.17, 15) is 13.2 Å². The average Bonchev–Trinajstić information content (AvgIpc) is 3.07. The van der Waals surface area contributed by atoms with Crippen molar-refractivity contribution in [3.63, 3.8) is 0 Å². The minimum Gasteiger partial charge on any atom is -0.340 e. The first-order chi connectivity index (χ1) is 10.9. The van der Waals surface area contributed by atoms with E-state index in [0.717, 1.165) is 19.4 Å². The Kier molecular flexibility index (Phi) is 4.33. The Morgan fingerprint density at radius 2 is 2.04 bits per heavy atom. The first kappa shape index (κ1) is 15.9. The zero-order valence-electron chi connectivity index (χ0n) is 12.5. The van der Waals surface area contributed by atoms with Crippen LogP contribution in [0.4, 0.5) is 13.2 Å². The molecule has 0 aromatic carbocycles. The summed E-state index contributed by atoms with van der Waals surface area (Å²) in [6.07, 6.45) is -3.64. The second-order valence-corrected chi connectivity index (χ2v) is 5.64.